The highest BCUT2D eigenvalue weighted by Crippen LogP contribution is 2.40. The van der Waals surface area contributed by atoms with Crippen LogP contribution in [0.2, 0.25) is 0 Å². The van der Waals surface area contributed by atoms with Gasteiger partial charge in [-0.2, -0.15) is 13.8 Å². The number of carbonyl (C=O) groups excluding carboxylic acids is 2. The average molecular weight is 565 g/mol. The van der Waals surface area contributed by atoms with E-state index in [-0.39, 0.29) is 45.4 Å². The highest BCUT2D eigenvalue weighted by atomic mass is 19.3. The quantitative estimate of drug-likeness (QED) is 0.549. The number of hydrogen-bond acceptors (Lipinski definition) is 8. The molecule has 0 atom stereocenters. The van der Waals surface area contributed by atoms with Crippen molar-refractivity contribution in [3.8, 4) is 5.75 Å². The van der Waals surface area contributed by atoms with Crippen molar-refractivity contribution >= 4 is 35.0 Å². The number of ether oxygens (including phenoxy) is 1. The fourth-order valence-electron chi connectivity index (χ4n) is 5.47. The Morgan fingerprint density at radius 3 is 2.60 bits per heavy atom. The van der Waals surface area contributed by atoms with Crippen LogP contribution in [-0.2, 0) is 4.79 Å². The van der Waals surface area contributed by atoms with E-state index >= 15 is 13.2 Å². The lowest BCUT2D eigenvalue weighted by Crippen LogP contribution is -2.48. The fraction of sp³-hybridized carbons (Fsp3) is 0.556. The second kappa shape index (κ2) is 11.1. The number of likely N-dealkylation sites (tertiary alicyclic amines) is 1. The molecule has 2 fully saturated rings. The van der Waals surface area contributed by atoms with E-state index in [9.17, 15) is 9.59 Å². The van der Waals surface area contributed by atoms with Crippen LogP contribution in [0.15, 0.2) is 18.3 Å². The summed E-state index contributed by atoms with van der Waals surface area (Å²) in [6.07, 6.45) is 5.15. The van der Waals surface area contributed by atoms with Gasteiger partial charge in [0, 0.05) is 29.2 Å². The molecule has 0 radical (unpaired) electrons. The molecule has 0 spiro atoms. The molecule has 5 rings (SSSR count). The van der Waals surface area contributed by atoms with Gasteiger partial charge in [0.2, 0.25) is 5.95 Å². The molecule has 40 heavy (non-hydrogen) atoms. The van der Waals surface area contributed by atoms with Gasteiger partial charge in [0.05, 0.1) is 31.1 Å². The number of rotatable bonds is 6. The molecule has 216 valence electrons. The summed E-state index contributed by atoms with van der Waals surface area (Å²) >= 11 is 0. The van der Waals surface area contributed by atoms with Gasteiger partial charge in [-0.15, -0.1) is 0 Å². The maximum absolute atomic E-state index is 15.2. The van der Waals surface area contributed by atoms with E-state index in [0.29, 0.717) is 12.8 Å². The molecule has 0 unspecified atom stereocenters. The molecule has 1 aromatic heterocycles. The van der Waals surface area contributed by atoms with E-state index in [1.54, 1.807) is 0 Å². The maximum atomic E-state index is 15.2. The molecule has 1 saturated heterocycles. The van der Waals surface area contributed by atoms with Gasteiger partial charge in [-0.05, 0) is 51.9 Å². The van der Waals surface area contributed by atoms with Gasteiger partial charge in [-0.3, -0.25) is 9.59 Å². The second-order valence-corrected chi connectivity index (χ2v) is 10.5. The third-order valence-electron chi connectivity index (χ3n) is 7.75. The summed E-state index contributed by atoms with van der Waals surface area (Å²) < 4.78 is 74.3. The van der Waals surface area contributed by atoms with Gasteiger partial charge >= 0.3 is 5.92 Å². The Balaban J connectivity index is 1.48. The Kier molecular flexibility index (Phi) is 6.72. The van der Waals surface area contributed by atoms with Crippen LogP contribution in [0.1, 0.15) is 53.0 Å². The van der Waals surface area contributed by atoms with E-state index in [4.69, 9.17) is 8.85 Å². The molecule has 1 aromatic carbocycles. The number of amides is 2. The van der Waals surface area contributed by atoms with Crippen LogP contribution in [0.5, 0.6) is 5.75 Å². The molecule has 3 heterocycles. The third kappa shape index (κ3) is 5.51. The summed E-state index contributed by atoms with van der Waals surface area (Å²) in [6.45, 7) is -2.65. The van der Waals surface area contributed by atoms with Crippen molar-refractivity contribution in [2.24, 2.45) is 0 Å². The molecule has 1 aliphatic carbocycles. The number of anilines is 4. The number of benzene rings is 1. The SMILES string of the molecule is [2H]C([2H])([2H])N1C(=O)C(F)(F)CN(C2CCCC2)c2nc(Nc3cc(F)c(C(=O)NC4CCN(C)CC4)cc3OC)ncc21. The standard InChI is InChI=1S/C27H34F3N7O3/c1-35-10-8-16(9-11-35)32-24(38)18-12-22(40-3)20(13-19(18)28)33-26-31-14-21-23(34-26)37(17-6-4-5-7-17)15-27(29,30)25(39)36(21)2/h12-14,16-17H,4-11,15H2,1-3H3,(H,32,38)(H,31,33,34)/i2D3. The normalized spacial score (nSPS) is 21.7. The first kappa shape index (κ1) is 24.2. The number of halogens is 3. The van der Waals surface area contributed by atoms with Gasteiger partial charge in [-0.1, -0.05) is 12.8 Å². The molecule has 0 bridgehead atoms. The van der Waals surface area contributed by atoms with E-state index in [0.717, 1.165) is 51.0 Å². The van der Waals surface area contributed by atoms with Gasteiger partial charge < -0.3 is 30.1 Å². The maximum Gasteiger partial charge on any atom is 0.342 e. The summed E-state index contributed by atoms with van der Waals surface area (Å²) in [4.78, 5) is 37.6. The molecule has 10 nitrogen and oxygen atoms in total. The van der Waals surface area contributed by atoms with Crippen molar-refractivity contribution in [1.29, 1.82) is 0 Å². The lowest BCUT2D eigenvalue weighted by molar-refractivity contribution is -0.140. The minimum atomic E-state index is -4.00. The van der Waals surface area contributed by atoms with E-state index in [1.165, 1.54) is 18.1 Å². The van der Waals surface area contributed by atoms with E-state index in [2.05, 4.69) is 25.5 Å². The summed E-state index contributed by atoms with van der Waals surface area (Å²) in [7, 11) is 3.32. The predicted molar refractivity (Wildman–Crippen MR) is 144 cm³/mol. The highest BCUT2D eigenvalue weighted by molar-refractivity contribution is 6.02. The zero-order valence-electron chi connectivity index (χ0n) is 25.3. The number of fused-ring (bicyclic) bond motifs is 1. The number of hydrogen-bond donors (Lipinski definition) is 2. The molecule has 1 saturated carbocycles. The Bertz CT molecular complexity index is 1380. The Morgan fingerprint density at radius 2 is 1.93 bits per heavy atom. The van der Waals surface area contributed by atoms with Crippen molar-refractivity contribution in [1.82, 2.24) is 20.2 Å². The molecular formula is C27H34F3N7O3. The minimum Gasteiger partial charge on any atom is -0.495 e. The number of nitrogens with zero attached hydrogens (tertiary/aromatic N) is 5. The largest absolute Gasteiger partial charge is 0.495 e. The minimum absolute atomic E-state index is 0.0471. The Labute approximate surface area is 235 Å². The van der Waals surface area contributed by atoms with Crippen LogP contribution < -0.4 is 25.2 Å². The summed E-state index contributed by atoms with van der Waals surface area (Å²) in [5.41, 5.74) is -0.546. The Morgan fingerprint density at radius 1 is 1.20 bits per heavy atom. The lowest BCUT2D eigenvalue weighted by atomic mass is 10.0. The molecule has 2 aromatic rings. The number of methoxy groups -OCH3 is 1. The number of aromatic nitrogens is 2. The molecule has 2 amide bonds. The molecule has 13 heteroatoms. The first-order valence-corrected chi connectivity index (χ1v) is 13.3. The lowest BCUT2D eigenvalue weighted by Gasteiger charge is -2.31. The first-order valence-electron chi connectivity index (χ1n) is 14.8. The smallest absolute Gasteiger partial charge is 0.342 e. The zero-order chi connectivity index (χ0) is 31.1. The topological polar surface area (TPSA) is 103 Å². The van der Waals surface area contributed by atoms with Crippen LogP contribution in [0, 0.1) is 5.82 Å². The van der Waals surface area contributed by atoms with Gasteiger partial charge in [0.15, 0.2) is 5.82 Å². The number of carbonyl (C=O) groups is 2. The van der Waals surface area contributed by atoms with Crippen LogP contribution in [-0.4, -0.2) is 85.5 Å². The van der Waals surface area contributed by atoms with Crippen LogP contribution in [0.4, 0.5) is 36.3 Å². The van der Waals surface area contributed by atoms with Gasteiger partial charge in [0.25, 0.3) is 11.8 Å². The molecular weight excluding hydrogens is 527 g/mol. The second-order valence-electron chi connectivity index (χ2n) is 10.5. The number of piperidine rings is 1. The molecule has 2 aliphatic heterocycles. The molecule has 3 aliphatic rings. The Hall–Kier alpha value is -3.61. The van der Waals surface area contributed by atoms with Crippen LogP contribution in [0.3, 0.4) is 0 Å². The molecule has 2 N–H and O–H groups in total. The van der Waals surface area contributed by atoms with E-state index < -0.39 is 43.1 Å². The van der Waals surface area contributed by atoms with Gasteiger partial charge in [-0.25, -0.2) is 9.37 Å². The van der Waals surface area contributed by atoms with Crippen molar-refractivity contribution in [2.45, 2.75) is 56.5 Å². The summed E-state index contributed by atoms with van der Waals surface area (Å²) in [5, 5.41) is 5.67. The monoisotopic (exact) mass is 564 g/mol. The number of alkyl halides is 2. The van der Waals surface area contributed by atoms with Gasteiger partial charge in [0.1, 0.15) is 17.3 Å². The van der Waals surface area contributed by atoms with Crippen LogP contribution in [0.25, 0.3) is 0 Å². The van der Waals surface area contributed by atoms with Crippen LogP contribution >= 0.6 is 0 Å². The summed E-state index contributed by atoms with van der Waals surface area (Å²) in [6, 6.07) is 1.80. The predicted octanol–water partition coefficient (Wildman–Crippen LogP) is 3.55. The highest BCUT2D eigenvalue weighted by Gasteiger charge is 2.48. The van der Waals surface area contributed by atoms with Crippen molar-refractivity contribution in [2.75, 3.05) is 55.9 Å². The van der Waals surface area contributed by atoms with E-state index in [1.807, 2.05) is 7.05 Å². The first-order chi connectivity index (χ1) is 20.3. The summed E-state index contributed by atoms with van der Waals surface area (Å²) in [5.74, 6) is -7.52. The third-order valence-corrected chi connectivity index (χ3v) is 7.75. The average Bonchev–Trinajstić information content (AvgIpc) is 3.45. The van der Waals surface area contributed by atoms with Crippen molar-refractivity contribution < 1.29 is 31.6 Å². The van der Waals surface area contributed by atoms with Crippen molar-refractivity contribution in [3.63, 3.8) is 0 Å². The fourth-order valence-corrected chi connectivity index (χ4v) is 5.47. The van der Waals surface area contributed by atoms with Crippen molar-refractivity contribution in [3.05, 3.63) is 29.7 Å². The zero-order valence-corrected chi connectivity index (χ0v) is 22.3. The number of nitrogens with one attached hydrogen (secondary N) is 2.